The minimum Gasteiger partial charge on any atom is -0.453 e. The summed E-state index contributed by atoms with van der Waals surface area (Å²) in [5.41, 5.74) is -0.266. The molecule has 0 bridgehead atoms. The molecule has 2 amide bonds. The number of thioether (sulfide) groups is 1. The number of rotatable bonds is 8. The van der Waals surface area contributed by atoms with Crippen LogP contribution in [0.3, 0.4) is 0 Å². The highest BCUT2D eigenvalue weighted by atomic mass is 32.2. The Hall–Kier alpha value is -2.62. The summed E-state index contributed by atoms with van der Waals surface area (Å²) in [6.45, 7) is 5.39. The van der Waals surface area contributed by atoms with Crippen LogP contribution in [0.1, 0.15) is 37.6 Å². The fraction of sp³-hybridized carbons (Fsp3) is 0.471. The Morgan fingerprint density at radius 1 is 1.26 bits per heavy atom. The van der Waals surface area contributed by atoms with Crippen LogP contribution < -0.4 is 5.32 Å². The van der Waals surface area contributed by atoms with Gasteiger partial charge in [0.2, 0.25) is 0 Å². The lowest BCUT2D eigenvalue weighted by atomic mass is 10.2. The number of amides is 2. The molecule has 1 atom stereocenters. The highest BCUT2D eigenvalue weighted by Gasteiger charge is 2.23. The summed E-state index contributed by atoms with van der Waals surface area (Å²) in [5.74, 6) is -0.592. The van der Waals surface area contributed by atoms with Crippen molar-refractivity contribution < 1.29 is 28.8 Å². The van der Waals surface area contributed by atoms with E-state index in [9.17, 15) is 24.5 Å². The summed E-state index contributed by atoms with van der Waals surface area (Å²) in [7, 11) is 1.08. The molecule has 9 nitrogen and oxygen atoms in total. The number of carbonyl (C=O) groups excluding carboxylic acids is 3. The average Bonchev–Trinajstić information content (AvgIpc) is 2.60. The molecule has 0 aliphatic heterocycles. The third-order valence-corrected chi connectivity index (χ3v) is 4.50. The minimum atomic E-state index is -1.28. The Kier molecular flexibility index (Phi) is 8.73. The molecule has 0 aliphatic carbocycles. The van der Waals surface area contributed by atoms with E-state index in [1.807, 2.05) is 5.32 Å². The van der Waals surface area contributed by atoms with E-state index in [0.29, 0.717) is 16.6 Å². The Balaban J connectivity index is 2.85. The van der Waals surface area contributed by atoms with Crippen LogP contribution in [0.4, 0.5) is 10.5 Å². The van der Waals surface area contributed by atoms with Gasteiger partial charge in [-0.25, -0.2) is 9.59 Å². The first-order valence-corrected chi connectivity index (χ1v) is 9.15. The number of hydrogen-bond donors (Lipinski definition) is 1. The van der Waals surface area contributed by atoms with Gasteiger partial charge in [-0.3, -0.25) is 20.2 Å². The van der Waals surface area contributed by atoms with Crippen molar-refractivity contribution in [2.24, 2.45) is 5.92 Å². The Morgan fingerprint density at radius 2 is 1.93 bits per heavy atom. The van der Waals surface area contributed by atoms with Crippen LogP contribution in [-0.2, 0) is 14.3 Å². The van der Waals surface area contributed by atoms with Crippen molar-refractivity contribution in [1.29, 1.82) is 0 Å². The van der Waals surface area contributed by atoms with Crippen LogP contribution >= 0.6 is 11.8 Å². The zero-order chi connectivity index (χ0) is 20.6. The first-order chi connectivity index (χ1) is 12.6. The molecule has 0 saturated heterocycles. The van der Waals surface area contributed by atoms with E-state index in [4.69, 9.17) is 4.74 Å². The van der Waals surface area contributed by atoms with Crippen molar-refractivity contribution >= 4 is 35.4 Å². The molecule has 10 heteroatoms. The predicted octanol–water partition coefficient (Wildman–Crippen LogP) is 3.16. The van der Waals surface area contributed by atoms with E-state index >= 15 is 0 Å². The molecule has 0 aromatic heterocycles. The Bertz CT molecular complexity index is 721. The van der Waals surface area contributed by atoms with Crippen LogP contribution in [0, 0.1) is 16.0 Å². The standard InChI is InChI=1S/C17H22N2O7S/c1-10(2)7-8-27-14-6-5-12(9-13(14)19(23)24)16(21)26-11(3)15(20)18-17(22)25-4/h5-6,9-11H,7-8H2,1-4H3,(H,18,20,22)/t11-/m1/s1. The summed E-state index contributed by atoms with van der Waals surface area (Å²) in [4.78, 5) is 46.0. The smallest absolute Gasteiger partial charge is 0.413 e. The number of esters is 1. The Morgan fingerprint density at radius 3 is 2.48 bits per heavy atom. The lowest BCUT2D eigenvalue weighted by Crippen LogP contribution is -2.39. The van der Waals surface area contributed by atoms with Crippen molar-refractivity contribution in [3.05, 3.63) is 33.9 Å². The van der Waals surface area contributed by atoms with Gasteiger partial charge in [0.25, 0.3) is 11.6 Å². The molecule has 27 heavy (non-hydrogen) atoms. The molecule has 0 spiro atoms. The molecule has 1 aromatic carbocycles. The molecular weight excluding hydrogens is 376 g/mol. The highest BCUT2D eigenvalue weighted by molar-refractivity contribution is 7.99. The normalized spacial score (nSPS) is 11.6. The minimum absolute atomic E-state index is 0.0624. The van der Waals surface area contributed by atoms with Crippen molar-refractivity contribution in [3.63, 3.8) is 0 Å². The van der Waals surface area contributed by atoms with Crippen LogP contribution in [0.15, 0.2) is 23.1 Å². The van der Waals surface area contributed by atoms with Crippen LogP contribution in [0.5, 0.6) is 0 Å². The molecule has 148 valence electrons. The lowest BCUT2D eigenvalue weighted by molar-refractivity contribution is -0.387. The number of hydrogen-bond acceptors (Lipinski definition) is 8. The molecule has 0 aliphatic rings. The van der Waals surface area contributed by atoms with Gasteiger partial charge in [-0.05, 0) is 37.1 Å². The SMILES string of the molecule is COC(=O)NC(=O)[C@@H](C)OC(=O)c1ccc(SCCC(C)C)c([N+](=O)[O-])c1. The van der Waals surface area contributed by atoms with Gasteiger partial charge in [0.1, 0.15) is 0 Å². The molecule has 0 fully saturated rings. The molecule has 0 heterocycles. The monoisotopic (exact) mass is 398 g/mol. The number of benzene rings is 1. The van der Waals surface area contributed by atoms with Crippen molar-refractivity contribution in [2.45, 2.75) is 38.2 Å². The second-order valence-corrected chi connectivity index (χ2v) is 7.14. The third kappa shape index (κ3) is 7.26. The van der Waals surface area contributed by atoms with E-state index in [2.05, 4.69) is 18.6 Å². The average molecular weight is 398 g/mol. The molecule has 0 unspecified atom stereocenters. The molecule has 1 N–H and O–H groups in total. The fourth-order valence-electron chi connectivity index (χ4n) is 1.85. The van der Waals surface area contributed by atoms with Gasteiger partial charge in [0.05, 0.1) is 22.5 Å². The number of alkyl carbamates (subject to hydrolysis) is 1. The maximum Gasteiger partial charge on any atom is 0.413 e. The van der Waals surface area contributed by atoms with Crippen LogP contribution in [-0.4, -0.2) is 41.9 Å². The first-order valence-electron chi connectivity index (χ1n) is 8.16. The zero-order valence-corrected chi connectivity index (χ0v) is 16.3. The number of nitro groups is 1. The topological polar surface area (TPSA) is 125 Å². The molecule has 1 rings (SSSR count). The van der Waals surface area contributed by atoms with Gasteiger partial charge < -0.3 is 9.47 Å². The van der Waals surface area contributed by atoms with Crippen LogP contribution in [0.25, 0.3) is 0 Å². The van der Waals surface area contributed by atoms with E-state index in [0.717, 1.165) is 19.6 Å². The van der Waals surface area contributed by atoms with E-state index < -0.39 is 29.0 Å². The predicted molar refractivity (Wildman–Crippen MR) is 98.7 cm³/mol. The summed E-state index contributed by atoms with van der Waals surface area (Å²) in [5, 5.41) is 13.2. The highest BCUT2D eigenvalue weighted by Crippen LogP contribution is 2.31. The molecular formula is C17H22N2O7S. The quantitative estimate of drug-likeness (QED) is 0.306. The summed E-state index contributed by atoms with van der Waals surface area (Å²) >= 11 is 1.34. The maximum atomic E-state index is 12.2. The van der Waals surface area contributed by atoms with Gasteiger partial charge in [0.15, 0.2) is 6.10 Å². The first kappa shape index (κ1) is 22.4. The summed E-state index contributed by atoms with van der Waals surface area (Å²) < 4.78 is 9.22. The second-order valence-electron chi connectivity index (χ2n) is 6.00. The lowest BCUT2D eigenvalue weighted by Gasteiger charge is -2.12. The Labute approximate surface area is 160 Å². The van der Waals surface area contributed by atoms with E-state index in [-0.39, 0.29) is 11.3 Å². The summed E-state index contributed by atoms with van der Waals surface area (Å²) in [6, 6.07) is 4.00. The fourth-order valence-corrected chi connectivity index (χ4v) is 3.10. The molecule has 0 saturated carbocycles. The van der Waals surface area contributed by atoms with Gasteiger partial charge in [-0.2, -0.15) is 0 Å². The third-order valence-electron chi connectivity index (χ3n) is 3.41. The maximum absolute atomic E-state index is 12.2. The molecule has 0 radical (unpaired) electrons. The number of imide groups is 1. The molecule has 1 aromatic rings. The van der Waals surface area contributed by atoms with Gasteiger partial charge in [-0.1, -0.05) is 13.8 Å². The number of nitro benzene ring substituents is 1. The van der Waals surface area contributed by atoms with Crippen LogP contribution in [0.2, 0.25) is 0 Å². The largest absolute Gasteiger partial charge is 0.453 e. The van der Waals surface area contributed by atoms with E-state index in [1.54, 1.807) is 0 Å². The van der Waals surface area contributed by atoms with E-state index in [1.165, 1.54) is 30.8 Å². The number of ether oxygens (including phenoxy) is 2. The number of nitrogens with one attached hydrogen (secondary N) is 1. The summed E-state index contributed by atoms with van der Waals surface area (Å²) in [6.07, 6.45) is -1.37. The number of nitrogens with zero attached hydrogens (tertiary/aromatic N) is 1. The van der Waals surface area contributed by atoms with Gasteiger partial charge in [-0.15, -0.1) is 11.8 Å². The van der Waals surface area contributed by atoms with Crippen molar-refractivity contribution in [3.8, 4) is 0 Å². The number of methoxy groups -OCH3 is 1. The van der Waals surface area contributed by atoms with Crippen molar-refractivity contribution in [1.82, 2.24) is 5.32 Å². The van der Waals surface area contributed by atoms with Gasteiger partial charge in [0, 0.05) is 6.07 Å². The number of carbonyl (C=O) groups is 3. The van der Waals surface area contributed by atoms with Crippen molar-refractivity contribution in [2.75, 3.05) is 12.9 Å². The second kappa shape index (κ2) is 10.5. The zero-order valence-electron chi connectivity index (χ0n) is 15.5. The van der Waals surface area contributed by atoms with Gasteiger partial charge >= 0.3 is 12.1 Å².